The number of fused-ring (bicyclic) bond motifs is 1. The Hall–Kier alpha value is -3.68. The van der Waals surface area contributed by atoms with E-state index in [0.29, 0.717) is 41.4 Å². The number of rotatable bonds is 8. The zero-order chi connectivity index (χ0) is 28.2. The van der Waals surface area contributed by atoms with Crippen LogP contribution < -0.4 is 4.74 Å². The monoisotopic (exact) mass is 544 g/mol. The zero-order valence-corrected chi connectivity index (χ0v) is 21.3. The van der Waals surface area contributed by atoms with E-state index in [4.69, 9.17) is 4.74 Å². The van der Waals surface area contributed by atoms with Gasteiger partial charge >= 0.3 is 5.97 Å². The predicted octanol–water partition coefficient (Wildman–Crippen LogP) is 5.16. The third-order valence-electron chi connectivity index (χ3n) is 7.36. The van der Waals surface area contributed by atoms with Crippen LogP contribution in [0.4, 0.5) is 17.6 Å². The fourth-order valence-corrected chi connectivity index (χ4v) is 5.02. The number of piperidine rings is 1. The Balaban J connectivity index is 1.44. The number of hydrogen-bond donors (Lipinski definition) is 2. The third-order valence-corrected chi connectivity index (χ3v) is 7.36. The van der Waals surface area contributed by atoms with Gasteiger partial charge in [-0.1, -0.05) is 11.8 Å². The second kappa shape index (κ2) is 12.0. The molecule has 0 bridgehead atoms. The van der Waals surface area contributed by atoms with Gasteiger partial charge in [-0.2, -0.15) is 0 Å². The first kappa shape index (κ1) is 28.3. The minimum atomic E-state index is -1.32. The Morgan fingerprint density at radius 1 is 1.21 bits per heavy atom. The largest absolute Gasteiger partial charge is 0.497 e. The van der Waals surface area contributed by atoms with Crippen molar-refractivity contribution in [1.29, 1.82) is 0 Å². The van der Waals surface area contributed by atoms with Crippen molar-refractivity contribution in [3.05, 3.63) is 70.7 Å². The SMILES string of the molecule is COc1ccc2ncc(CF)c([C@H](O)CCC3(C(=O)O)CCN(CC#Cc4cc(F)cc(F)c4F)CC3)c2c1. The highest BCUT2D eigenvalue weighted by Crippen LogP contribution is 2.40. The van der Waals surface area contributed by atoms with Crippen LogP contribution in [0.15, 0.2) is 36.5 Å². The Labute approximate surface area is 223 Å². The van der Waals surface area contributed by atoms with E-state index in [1.807, 2.05) is 4.90 Å². The fraction of sp³-hybridized carbons (Fsp3) is 0.379. The second-order valence-corrected chi connectivity index (χ2v) is 9.68. The van der Waals surface area contributed by atoms with Gasteiger partial charge < -0.3 is 14.9 Å². The van der Waals surface area contributed by atoms with Gasteiger partial charge in [-0.05, 0) is 55.5 Å². The molecule has 206 valence electrons. The summed E-state index contributed by atoms with van der Waals surface area (Å²) in [5, 5.41) is 21.7. The number of carbonyl (C=O) groups is 1. The van der Waals surface area contributed by atoms with Crippen molar-refractivity contribution in [2.45, 2.75) is 38.5 Å². The quantitative estimate of drug-likeness (QED) is 0.232. The Bertz CT molecular complexity index is 1420. The van der Waals surface area contributed by atoms with Crippen molar-refractivity contribution in [2.75, 3.05) is 26.7 Å². The fourth-order valence-electron chi connectivity index (χ4n) is 5.02. The lowest BCUT2D eigenvalue weighted by Gasteiger charge is -2.38. The smallest absolute Gasteiger partial charge is 0.309 e. The van der Waals surface area contributed by atoms with Crippen LogP contribution in [-0.4, -0.2) is 52.8 Å². The van der Waals surface area contributed by atoms with E-state index in [-0.39, 0.29) is 43.4 Å². The second-order valence-electron chi connectivity index (χ2n) is 9.68. The van der Waals surface area contributed by atoms with Crippen molar-refractivity contribution in [1.82, 2.24) is 9.88 Å². The number of halogens is 4. The zero-order valence-electron chi connectivity index (χ0n) is 21.3. The maximum atomic E-state index is 13.8. The molecule has 1 atom stereocenters. The first-order valence-electron chi connectivity index (χ1n) is 12.5. The van der Waals surface area contributed by atoms with Crippen molar-refractivity contribution in [2.24, 2.45) is 5.41 Å². The van der Waals surface area contributed by atoms with Crippen molar-refractivity contribution in [3.8, 4) is 17.6 Å². The van der Waals surface area contributed by atoms with E-state index < -0.39 is 41.6 Å². The van der Waals surface area contributed by atoms with Gasteiger partial charge in [0.25, 0.3) is 0 Å². The van der Waals surface area contributed by atoms with Crippen LogP contribution in [0.3, 0.4) is 0 Å². The number of carboxylic acid groups (broad SMARTS) is 1. The van der Waals surface area contributed by atoms with Gasteiger partial charge in [-0.3, -0.25) is 14.7 Å². The molecule has 0 saturated carbocycles. The van der Waals surface area contributed by atoms with E-state index in [0.717, 1.165) is 6.07 Å². The number of methoxy groups -OCH3 is 1. The standard InChI is InChI=1S/C29H28F4N2O4/c1-39-21-4-5-24-22(15-21)26(19(16-30)17-34-24)25(36)6-7-29(28(37)38)8-11-35(12-9-29)10-2-3-18-13-20(31)14-23(32)27(18)33/h4-5,13-15,17,25,36H,6-12,16H2,1H3,(H,37,38)/t25-/m1/s1. The van der Waals surface area contributed by atoms with Gasteiger partial charge in [0.15, 0.2) is 11.6 Å². The van der Waals surface area contributed by atoms with Gasteiger partial charge in [0.2, 0.25) is 0 Å². The molecule has 10 heteroatoms. The van der Waals surface area contributed by atoms with Gasteiger partial charge in [0.1, 0.15) is 18.2 Å². The lowest BCUT2D eigenvalue weighted by atomic mass is 9.74. The number of benzene rings is 2. The molecule has 4 rings (SSSR count). The summed E-state index contributed by atoms with van der Waals surface area (Å²) < 4.78 is 59.6. The molecule has 1 fully saturated rings. The summed E-state index contributed by atoms with van der Waals surface area (Å²) in [6.07, 6.45) is 1.08. The lowest BCUT2D eigenvalue weighted by molar-refractivity contribution is -0.153. The molecule has 2 aromatic carbocycles. The Morgan fingerprint density at radius 3 is 2.62 bits per heavy atom. The minimum Gasteiger partial charge on any atom is -0.497 e. The molecule has 2 heterocycles. The highest BCUT2D eigenvalue weighted by molar-refractivity contribution is 5.85. The van der Waals surface area contributed by atoms with Gasteiger partial charge in [-0.15, -0.1) is 0 Å². The third kappa shape index (κ3) is 6.15. The molecule has 2 N–H and O–H groups in total. The van der Waals surface area contributed by atoms with Crippen LogP contribution in [-0.2, 0) is 11.5 Å². The van der Waals surface area contributed by atoms with E-state index >= 15 is 0 Å². The molecule has 0 radical (unpaired) electrons. The lowest BCUT2D eigenvalue weighted by Crippen LogP contribution is -2.44. The van der Waals surface area contributed by atoms with Crippen LogP contribution in [0.25, 0.3) is 10.9 Å². The molecular weight excluding hydrogens is 516 g/mol. The average molecular weight is 545 g/mol. The Kier molecular flexibility index (Phi) is 8.73. The number of likely N-dealkylation sites (tertiary alicyclic amines) is 1. The molecule has 0 unspecified atom stereocenters. The maximum absolute atomic E-state index is 13.8. The minimum absolute atomic E-state index is 0.0971. The molecule has 1 saturated heterocycles. The summed E-state index contributed by atoms with van der Waals surface area (Å²) >= 11 is 0. The normalized spacial score (nSPS) is 15.9. The topological polar surface area (TPSA) is 82.9 Å². The van der Waals surface area contributed by atoms with Gasteiger partial charge in [-0.25, -0.2) is 17.6 Å². The van der Waals surface area contributed by atoms with Crippen molar-refractivity contribution >= 4 is 16.9 Å². The van der Waals surface area contributed by atoms with E-state index in [2.05, 4.69) is 16.8 Å². The molecule has 0 aliphatic carbocycles. The van der Waals surface area contributed by atoms with Crippen molar-refractivity contribution in [3.63, 3.8) is 0 Å². The van der Waals surface area contributed by atoms with Crippen LogP contribution in [0, 0.1) is 34.7 Å². The van der Waals surface area contributed by atoms with E-state index in [1.165, 1.54) is 13.3 Å². The van der Waals surface area contributed by atoms with Crippen LogP contribution in [0.5, 0.6) is 5.75 Å². The Morgan fingerprint density at radius 2 is 1.95 bits per heavy atom. The number of hydrogen-bond acceptors (Lipinski definition) is 5. The van der Waals surface area contributed by atoms with E-state index in [1.54, 1.807) is 18.2 Å². The molecule has 1 aromatic heterocycles. The van der Waals surface area contributed by atoms with Crippen molar-refractivity contribution < 1.29 is 37.3 Å². The van der Waals surface area contributed by atoms with Gasteiger partial charge in [0, 0.05) is 36.3 Å². The number of nitrogens with zero attached hydrogens (tertiary/aromatic N) is 2. The summed E-state index contributed by atoms with van der Waals surface area (Å²) in [6, 6.07) is 6.36. The number of aliphatic hydroxyl groups is 1. The number of ether oxygens (including phenoxy) is 1. The number of alkyl halides is 1. The molecule has 3 aromatic rings. The maximum Gasteiger partial charge on any atom is 0.309 e. The van der Waals surface area contributed by atoms with Crippen LogP contribution in [0.2, 0.25) is 0 Å². The number of aromatic nitrogens is 1. The summed E-state index contributed by atoms with van der Waals surface area (Å²) in [7, 11) is 1.50. The predicted molar refractivity (Wildman–Crippen MR) is 136 cm³/mol. The molecule has 1 aliphatic heterocycles. The number of pyridine rings is 1. The van der Waals surface area contributed by atoms with Crippen LogP contribution in [0.1, 0.15) is 48.5 Å². The highest BCUT2D eigenvalue weighted by atomic mass is 19.2. The summed E-state index contributed by atoms with van der Waals surface area (Å²) in [6.45, 7) is 0.0870. The first-order chi connectivity index (χ1) is 18.7. The van der Waals surface area contributed by atoms with Gasteiger partial charge in [0.05, 0.1) is 36.3 Å². The molecular formula is C29H28F4N2O4. The first-order valence-corrected chi connectivity index (χ1v) is 12.5. The molecule has 1 aliphatic rings. The summed E-state index contributed by atoms with van der Waals surface area (Å²) in [5.74, 6) is 1.21. The van der Waals surface area contributed by atoms with E-state index in [9.17, 15) is 32.6 Å². The number of aliphatic carboxylic acids is 1. The molecule has 0 spiro atoms. The molecule has 6 nitrogen and oxygen atoms in total. The number of aliphatic hydroxyl groups excluding tert-OH is 1. The molecule has 0 amide bonds. The van der Waals surface area contributed by atoms with Crippen LogP contribution >= 0.6 is 0 Å². The molecule has 39 heavy (non-hydrogen) atoms. The average Bonchev–Trinajstić information content (AvgIpc) is 2.93. The highest BCUT2D eigenvalue weighted by Gasteiger charge is 2.41. The summed E-state index contributed by atoms with van der Waals surface area (Å²) in [5.41, 5.74) is -0.317. The summed E-state index contributed by atoms with van der Waals surface area (Å²) in [4.78, 5) is 18.5. The number of carboxylic acids is 1.